The third kappa shape index (κ3) is 3.49. The van der Waals surface area contributed by atoms with E-state index >= 15 is 0 Å². The van der Waals surface area contributed by atoms with E-state index in [1.165, 1.54) is 24.3 Å². The number of Topliss-reactive ketones (excluding diaryl/α,β-unsaturated/α-hetero) is 1. The van der Waals surface area contributed by atoms with E-state index in [-0.39, 0.29) is 11.3 Å². The monoisotopic (exact) mass is 322 g/mol. The molecule has 0 bridgehead atoms. The number of ether oxygens (including phenoxy) is 2. The van der Waals surface area contributed by atoms with Gasteiger partial charge in [0.2, 0.25) is 0 Å². The van der Waals surface area contributed by atoms with Gasteiger partial charge >= 0.3 is 12.6 Å². The number of ketones is 1. The Labute approximate surface area is 110 Å². The van der Waals surface area contributed by atoms with Gasteiger partial charge in [-0.3, -0.25) is 9.59 Å². The Morgan fingerprint density at radius 3 is 2.44 bits per heavy atom. The lowest BCUT2D eigenvalue weighted by Crippen LogP contribution is -2.26. The molecule has 0 amide bonds. The summed E-state index contributed by atoms with van der Waals surface area (Å²) in [5.41, 5.74) is -0.120. The highest BCUT2D eigenvalue weighted by Gasteiger charge is 2.28. The highest BCUT2D eigenvalue weighted by atomic mass is 79.9. The minimum Gasteiger partial charge on any atom is -0.468 e. The molecule has 0 radical (unpaired) electrons. The first-order valence-electron chi connectivity index (χ1n) is 4.77. The van der Waals surface area contributed by atoms with Crippen LogP contribution in [0.1, 0.15) is 10.4 Å². The lowest BCUT2D eigenvalue weighted by Gasteiger charge is -2.11. The maximum Gasteiger partial charge on any atom is 0.387 e. The molecule has 0 saturated carbocycles. The molecule has 4 nitrogen and oxygen atoms in total. The van der Waals surface area contributed by atoms with Crippen molar-refractivity contribution in [3.05, 3.63) is 29.8 Å². The van der Waals surface area contributed by atoms with Gasteiger partial charge in [-0.2, -0.15) is 8.78 Å². The van der Waals surface area contributed by atoms with E-state index in [1.54, 1.807) is 0 Å². The third-order valence-corrected chi connectivity index (χ3v) is 2.80. The molecule has 0 N–H and O–H groups in total. The Kier molecular flexibility index (Phi) is 5.21. The molecular weight excluding hydrogens is 314 g/mol. The summed E-state index contributed by atoms with van der Waals surface area (Å²) in [6.07, 6.45) is 0. The molecule has 1 aromatic carbocycles. The van der Waals surface area contributed by atoms with Crippen molar-refractivity contribution in [3.63, 3.8) is 0 Å². The second-order valence-corrected chi connectivity index (χ2v) is 4.04. The second-order valence-electron chi connectivity index (χ2n) is 3.12. The predicted octanol–water partition coefficient (Wildman–Crippen LogP) is 2.41. The molecule has 0 saturated heterocycles. The fourth-order valence-corrected chi connectivity index (χ4v) is 1.65. The number of rotatable bonds is 5. The fourth-order valence-electron chi connectivity index (χ4n) is 1.22. The van der Waals surface area contributed by atoms with Crippen LogP contribution in [0.5, 0.6) is 5.75 Å². The minimum absolute atomic E-state index is 0.120. The van der Waals surface area contributed by atoms with Crippen molar-refractivity contribution < 1.29 is 27.8 Å². The third-order valence-electron chi connectivity index (χ3n) is 2.01. The van der Waals surface area contributed by atoms with Gasteiger partial charge in [0.15, 0.2) is 10.6 Å². The first kappa shape index (κ1) is 14.6. The highest BCUT2D eigenvalue weighted by Crippen LogP contribution is 2.23. The molecule has 7 heteroatoms. The molecule has 0 aliphatic carbocycles. The maximum atomic E-state index is 12.2. The van der Waals surface area contributed by atoms with Crippen molar-refractivity contribution >= 4 is 27.7 Å². The number of benzene rings is 1. The van der Waals surface area contributed by atoms with E-state index in [0.29, 0.717) is 0 Å². The molecule has 0 fully saturated rings. The summed E-state index contributed by atoms with van der Waals surface area (Å²) < 4.78 is 32.9. The topological polar surface area (TPSA) is 52.6 Å². The number of methoxy groups -OCH3 is 1. The van der Waals surface area contributed by atoms with Gasteiger partial charge in [-0.15, -0.1) is 0 Å². The lowest BCUT2D eigenvalue weighted by atomic mass is 10.1. The number of alkyl halides is 3. The molecule has 1 rings (SSSR count). The van der Waals surface area contributed by atoms with Crippen LogP contribution in [-0.4, -0.2) is 30.3 Å². The number of hydrogen-bond donors (Lipinski definition) is 0. The Bertz CT molecular complexity index is 450. The van der Waals surface area contributed by atoms with Gasteiger partial charge in [0.1, 0.15) is 5.75 Å². The fraction of sp³-hybridized carbons (Fsp3) is 0.273. The normalized spacial score (nSPS) is 12.1. The van der Waals surface area contributed by atoms with Crippen LogP contribution in [0.3, 0.4) is 0 Å². The van der Waals surface area contributed by atoms with E-state index in [0.717, 1.165) is 7.11 Å². The Morgan fingerprint density at radius 2 is 1.89 bits per heavy atom. The zero-order chi connectivity index (χ0) is 13.7. The van der Waals surface area contributed by atoms with E-state index in [9.17, 15) is 18.4 Å². The number of carbonyl (C=O) groups is 2. The quantitative estimate of drug-likeness (QED) is 0.361. The smallest absolute Gasteiger partial charge is 0.387 e. The molecule has 98 valence electrons. The van der Waals surface area contributed by atoms with Crippen molar-refractivity contribution in [1.29, 1.82) is 0 Å². The Morgan fingerprint density at radius 1 is 1.28 bits per heavy atom. The van der Waals surface area contributed by atoms with Crippen LogP contribution in [0, 0.1) is 0 Å². The van der Waals surface area contributed by atoms with Crippen molar-refractivity contribution in [2.75, 3.05) is 7.11 Å². The summed E-state index contributed by atoms with van der Waals surface area (Å²) >= 11 is 2.84. The summed E-state index contributed by atoms with van der Waals surface area (Å²) in [6.45, 7) is -3.05. The molecule has 0 aliphatic rings. The first-order valence-corrected chi connectivity index (χ1v) is 5.69. The van der Waals surface area contributed by atoms with Gasteiger partial charge < -0.3 is 9.47 Å². The van der Waals surface area contributed by atoms with Gasteiger partial charge in [-0.25, -0.2) is 0 Å². The number of halogens is 3. The van der Waals surface area contributed by atoms with E-state index < -0.39 is 23.2 Å². The van der Waals surface area contributed by atoms with Crippen LogP contribution < -0.4 is 4.74 Å². The number of para-hydroxylation sites is 1. The molecule has 18 heavy (non-hydrogen) atoms. The minimum atomic E-state index is -3.05. The van der Waals surface area contributed by atoms with E-state index in [2.05, 4.69) is 25.4 Å². The van der Waals surface area contributed by atoms with Crippen molar-refractivity contribution in [1.82, 2.24) is 0 Å². The van der Waals surface area contributed by atoms with Gasteiger partial charge in [0, 0.05) is 0 Å². The summed E-state index contributed by atoms with van der Waals surface area (Å²) in [7, 11) is 1.12. The summed E-state index contributed by atoms with van der Waals surface area (Å²) in [6, 6.07) is 5.42. The largest absolute Gasteiger partial charge is 0.468 e. The summed E-state index contributed by atoms with van der Waals surface area (Å²) in [5.74, 6) is -1.81. The van der Waals surface area contributed by atoms with E-state index in [1.807, 2.05) is 0 Å². The standard InChI is InChI=1S/C11H9BrF2O4/c1-17-10(16)8(12)9(15)6-4-2-3-5-7(6)18-11(13)14/h2-5,8,11H,1H3. The van der Waals surface area contributed by atoms with Crippen LogP contribution in [-0.2, 0) is 9.53 Å². The summed E-state index contributed by atoms with van der Waals surface area (Å²) in [5, 5.41) is 0. The molecule has 0 spiro atoms. The summed E-state index contributed by atoms with van der Waals surface area (Å²) in [4.78, 5) is 21.8. The van der Waals surface area contributed by atoms with Crippen LogP contribution in [0.15, 0.2) is 24.3 Å². The second kappa shape index (κ2) is 6.44. The Hall–Kier alpha value is -1.50. The Balaban J connectivity index is 3.01. The van der Waals surface area contributed by atoms with Crippen molar-refractivity contribution in [2.45, 2.75) is 11.4 Å². The molecule has 1 atom stereocenters. The van der Waals surface area contributed by atoms with Gasteiger partial charge in [-0.05, 0) is 12.1 Å². The van der Waals surface area contributed by atoms with Crippen LogP contribution in [0.2, 0.25) is 0 Å². The van der Waals surface area contributed by atoms with Gasteiger partial charge in [-0.1, -0.05) is 28.1 Å². The van der Waals surface area contributed by atoms with Crippen molar-refractivity contribution in [3.8, 4) is 5.75 Å². The van der Waals surface area contributed by atoms with Crippen LogP contribution in [0.25, 0.3) is 0 Å². The number of hydrogen-bond acceptors (Lipinski definition) is 4. The first-order chi connectivity index (χ1) is 8.47. The number of carbonyl (C=O) groups excluding carboxylic acids is 2. The molecular formula is C11H9BrF2O4. The molecule has 1 aromatic rings. The average Bonchev–Trinajstić information content (AvgIpc) is 2.36. The average molecular weight is 323 g/mol. The SMILES string of the molecule is COC(=O)C(Br)C(=O)c1ccccc1OC(F)F. The van der Waals surface area contributed by atoms with Crippen molar-refractivity contribution in [2.24, 2.45) is 0 Å². The maximum absolute atomic E-state index is 12.2. The molecule has 0 aliphatic heterocycles. The zero-order valence-electron chi connectivity index (χ0n) is 9.23. The predicted molar refractivity (Wildman–Crippen MR) is 62.1 cm³/mol. The molecule has 0 aromatic heterocycles. The zero-order valence-corrected chi connectivity index (χ0v) is 10.8. The lowest BCUT2D eigenvalue weighted by molar-refractivity contribution is -0.138. The highest BCUT2D eigenvalue weighted by molar-refractivity contribution is 9.10. The molecule has 0 heterocycles. The van der Waals surface area contributed by atoms with Crippen LogP contribution in [0.4, 0.5) is 8.78 Å². The van der Waals surface area contributed by atoms with E-state index in [4.69, 9.17) is 0 Å². The molecule has 1 unspecified atom stereocenters. The number of esters is 1. The van der Waals surface area contributed by atoms with Gasteiger partial charge in [0.05, 0.1) is 12.7 Å². The van der Waals surface area contributed by atoms with Gasteiger partial charge in [0.25, 0.3) is 0 Å². The van der Waals surface area contributed by atoms with Crippen LogP contribution >= 0.6 is 15.9 Å².